The molecule has 0 aromatic rings. The van der Waals surface area contributed by atoms with E-state index in [0.29, 0.717) is 6.61 Å². The van der Waals surface area contributed by atoms with Crippen LogP contribution >= 0.6 is 0 Å². The molecule has 3 unspecified atom stereocenters. The molecule has 232 valence electrons. The number of halogens is 16. The van der Waals surface area contributed by atoms with Crippen LogP contribution in [0.2, 0.25) is 0 Å². The van der Waals surface area contributed by atoms with Crippen LogP contribution in [0, 0.1) is 0 Å². The summed E-state index contributed by atoms with van der Waals surface area (Å²) in [5.41, 5.74) is 0. The van der Waals surface area contributed by atoms with Crippen LogP contribution in [0.5, 0.6) is 0 Å². The monoisotopic (exact) mass is 618 g/mol. The third-order valence-corrected chi connectivity index (χ3v) is 5.25. The standard InChI is InChI=1S/C18H18F16O5/c19-11(20)13(23,24)15(27,28)17(31,32)18(33,34)16(29,30)14(25,26)12(21,22)7-36-3-8(37-5-10-6-39-10)1-35-2-9-4-38-9/h8-11H,1-7H2. The number of hydrogen-bond acceptors (Lipinski definition) is 5. The molecular formula is C18H18F16O5. The zero-order valence-corrected chi connectivity index (χ0v) is 18.8. The molecule has 2 aliphatic rings. The topological polar surface area (TPSA) is 52.8 Å². The molecule has 0 aromatic heterocycles. The Bertz CT molecular complexity index is 815. The number of hydrogen-bond donors (Lipinski definition) is 0. The molecule has 2 rings (SSSR count). The van der Waals surface area contributed by atoms with Gasteiger partial charge in [0, 0.05) is 0 Å². The van der Waals surface area contributed by atoms with Crippen LogP contribution in [0.1, 0.15) is 0 Å². The molecular weight excluding hydrogens is 600 g/mol. The molecule has 0 saturated carbocycles. The van der Waals surface area contributed by atoms with Crippen LogP contribution in [-0.4, -0.2) is 112 Å². The zero-order chi connectivity index (χ0) is 30.3. The fourth-order valence-corrected chi connectivity index (χ4v) is 2.62. The summed E-state index contributed by atoms with van der Waals surface area (Å²) in [6.07, 6.45) is -8.06. The average Bonchev–Trinajstić information content (AvgIpc) is 3.71. The van der Waals surface area contributed by atoms with Crippen molar-refractivity contribution < 1.29 is 93.9 Å². The lowest BCUT2D eigenvalue weighted by atomic mass is 9.89. The van der Waals surface area contributed by atoms with E-state index in [1.165, 1.54) is 0 Å². The summed E-state index contributed by atoms with van der Waals surface area (Å²) in [4.78, 5) is 0. The maximum atomic E-state index is 13.9. The smallest absolute Gasteiger partial charge is 0.376 e. The van der Waals surface area contributed by atoms with Crippen molar-refractivity contribution in [2.24, 2.45) is 0 Å². The van der Waals surface area contributed by atoms with E-state index < -0.39 is 79.9 Å². The fourth-order valence-electron chi connectivity index (χ4n) is 2.62. The minimum atomic E-state index is -8.44. The SMILES string of the molecule is FC(F)C(F)(F)C(F)(F)C(F)(F)C(F)(F)C(F)(F)C(F)(F)C(F)(F)COCC(COCC1CO1)OCC1CO1. The van der Waals surface area contributed by atoms with E-state index in [-0.39, 0.29) is 25.9 Å². The molecule has 5 nitrogen and oxygen atoms in total. The summed E-state index contributed by atoms with van der Waals surface area (Å²) in [6, 6.07) is 0. The lowest BCUT2D eigenvalue weighted by Gasteiger charge is -2.42. The molecule has 3 atom stereocenters. The quantitative estimate of drug-likeness (QED) is 0.162. The molecule has 2 heterocycles. The third-order valence-electron chi connectivity index (χ3n) is 5.25. The summed E-state index contributed by atoms with van der Waals surface area (Å²) in [5, 5.41) is 0. The maximum absolute atomic E-state index is 13.9. The van der Waals surface area contributed by atoms with Gasteiger partial charge in [0.2, 0.25) is 0 Å². The first-order valence-electron chi connectivity index (χ1n) is 10.4. The van der Waals surface area contributed by atoms with Crippen LogP contribution in [0.25, 0.3) is 0 Å². The van der Waals surface area contributed by atoms with E-state index in [2.05, 4.69) is 4.74 Å². The number of rotatable bonds is 18. The van der Waals surface area contributed by atoms with Gasteiger partial charge in [-0.25, -0.2) is 8.78 Å². The Morgan fingerprint density at radius 3 is 1.46 bits per heavy atom. The Morgan fingerprint density at radius 1 is 0.590 bits per heavy atom. The van der Waals surface area contributed by atoms with E-state index in [0.717, 1.165) is 0 Å². The van der Waals surface area contributed by atoms with Gasteiger partial charge in [0.1, 0.15) is 24.9 Å². The summed E-state index contributed by atoms with van der Waals surface area (Å²) < 4.78 is 237. The van der Waals surface area contributed by atoms with Crippen LogP contribution in [-0.2, 0) is 23.7 Å². The van der Waals surface area contributed by atoms with E-state index in [1.54, 1.807) is 0 Å². The predicted molar refractivity (Wildman–Crippen MR) is 91.5 cm³/mol. The first-order chi connectivity index (χ1) is 17.5. The van der Waals surface area contributed by atoms with Crippen molar-refractivity contribution >= 4 is 0 Å². The molecule has 0 bridgehead atoms. The first kappa shape index (κ1) is 33.9. The van der Waals surface area contributed by atoms with Crippen molar-refractivity contribution in [3.63, 3.8) is 0 Å². The molecule has 2 aliphatic heterocycles. The fraction of sp³-hybridized carbons (Fsp3) is 1.00. The Morgan fingerprint density at radius 2 is 1.00 bits per heavy atom. The van der Waals surface area contributed by atoms with Gasteiger partial charge >= 0.3 is 47.9 Å². The summed E-state index contributed by atoms with van der Waals surface area (Å²) in [6.45, 7) is -4.37. The molecule has 2 fully saturated rings. The Kier molecular flexibility index (Phi) is 9.70. The van der Waals surface area contributed by atoms with Crippen molar-refractivity contribution in [1.29, 1.82) is 0 Å². The summed E-state index contributed by atoms with van der Waals surface area (Å²) in [7, 11) is 0. The van der Waals surface area contributed by atoms with Crippen LogP contribution < -0.4 is 0 Å². The van der Waals surface area contributed by atoms with E-state index in [9.17, 15) is 70.2 Å². The van der Waals surface area contributed by atoms with Crippen molar-refractivity contribution in [3.05, 3.63) is 0 Å². The average molecular weight is 618 g/mol. The molecule has 21 heteroatoms. The Balaban J connectivity index is 2.16. The van der Waals surface area contributed by atoms with Crippen molar-refractivity contribution in [3.8, 4) is 0 Å². The van der Waals surface area contributed by atoms with Crippen molar-refractivity contribution in [1.82, 2.24) is 0 Å². The third kappa shape index (κ3) is 6.45. The van der Waals surface area contributed by atoms with E-state index >= 15 is 0 Å². The molecule has 0 amide bonds. The van der Waals surface area contributed by atoms with Gasteiger partial charge < -0.3 is 23.7 Å². The number of alkyl halides is 16. The lowest BCUT2D eigenvalue weighted by molar-refractivity contribution is -0.448. The second-order valence-electron chi connectivity index (χ2n) is 8.42. The second kappa shape index (κ2) is 11.2. The predicted octanol–water partition coefficient (Wildman–Crippen LogP) is 4.91. The normalized spacial score (nSPS) is 22.4. The highest BCUT2D eigenvalue weighted by Gasteiger charge is 2.93. The number of ether oxygens (including phenoxy) is 5. The second-order valence-corrected chi connectivity index (χ2v) is 8.42. The molecule has 39 heavy (non-hydrogen) atoms. The molecule has 0 radical (unpaired) electrons. The van der Waals surface area contributed by atoms with Crippen LogP contribution in [0.3, 0.4) is 0 Å². The highest BCUT2D eigenvalue weighted by Crippen LogP contribution is 2.62. The van der Waals surface area contributed by atoms with Gasteiger partial charge in [0.25, 0.3) is 0 Å². The van der Waals surface area contributed by atoms with Gasteiger partial charge in [-0.15, -0.1) is 0 Å². The maximum Gasteiger partial charge on any atom is 0.384 e. The summed E-state index contributed by atoms with van der Waals surface area (Å²) >= 11 is 0. The van der Waals surface area contributed by atoms with Gasteiger partial charge in [-0.2, -0.15) is 61.5 Å². The van der Waals surface area contributed by atoms with E-state index in [1.807, 2.05) is 0 Å². The Hall–Kier alpha value is -1.32. The minimum absolute atomic E-state index is 0.0568. The van der Waals surface area contributed by atoms with Crippen molar-refractivity contribution in [2.75, 3.05) is 46.2 Å². The van der Waals surface area contributed by atoms with E-state index in [4.69, 9.17) is 18.9 Å². The molecule has 2 saturated heterocycles. The van der Waals surface area contributed by atoms with Crippen molar-refractivity contribution in [2.45, 2.75) is 66.2 Å². The van der Waals surface area contributed by atoms with Gasteiger partial charge in [-0.3, -0.25) is 0 Å². The van der Waals surface area contributed by atoms with Gasteiger partial charge in [-0.1, -0.05) is 0 Å². The minimum Gasteiger partial charge on any atom is -0.376 e. The summed E-state index contributed by atoms with van der Waals surface area (Å²) in [5.74, 6) is -54.9. The van der Waals surface area contributed by atoms with Gasteiger partial charge in [-0.05, 0) is 0 Å². The number of epoxide rings is 2. The van der Waals surface area contributed by atoms with Crippen LogP contribution in [0.4, 0.5) is 70.2 Å². The molecule has 0 aromatic carbocycles. The highest BCUT2D eigenvalue weighted by atomic mass is 19.4. The Labute approximate surface area is 207 Å². The van der Waals surface area contributed by atoms with Crippen LogP contribution in [0.15, 0.2) is 0 Å². The molecule has 0 N–H and O–H groups in total. The highest BCUT2D eigenvalue weighted by molar-refractivity contribution is 5.14. The molecule has 0 aliphatic carbocycles. The lowest BCUT2D eigenvalue weighted by Crippen LogP contribution is -2.74. The zero-order valence-electron chi connectivity index (χ0n) is 18.8. The largest absolute Gasteiger partial charge is 0.384 e. The molecule has 0 spiro atoms. The first-order valence-corrected chi connectivity index (χ1v) is 10.4. The van der Waals surface area contributed by atoms with Gasteiger partial charge in [0.15, 0.2) is 0 Å². The van der Waals surface area contributed by atoms with Gasteiger partial charge in [0.05, 0.1) is 39.6 Å².